The van der Waals surface area contributed by atoms with E-state index in [0.29, 0.717) is 11.5 Å². The van der Waals surface area contributed by atoms with Gasteiger partial charge in [0.25, 0.3) is 0 Å². The lowest BCUT2D eigenvalue weighted by molar-refractivity contribution is 0.114. The highest BCUT2D eigenvalue weighted by molar-refractivity contribution is 5.60. The van der Waals surface area contributed by atoms with Gasteiger partial charge in [-0.2, -0.15) is 0 Å². The second kappa shape index (κ2) is 3.01. The fourth-order valence-corrected chi connectivity index (χ4v) is 5.20. The van der Waals surface area contributed by atoms with E-state index >= 15 is 0 Å². The van der Waals surface area contributed by atoms with Crippen molar-refractivity contribution in [3.05, 3.63) is 41.0 Å². The molecule has 1 aromatic rings. The maximum Gasteiger partial charge on any atom is 0.124 e. The van der Waals surface area contributed by atoms with Gasteiger partial charge in [-0.1, -0.05) is 30.2 Å². The summed E-state index contributed by atoms with van der Waals surface area (Å²) < 4.78 is 6.34. The van der Waals surface area contributed by atoms with Gasteiger partial charge in [0.05, 0.1) is 5.41 Å². The Morgan fingerprint density at radius 3 is 3.22 bits per heavy atom. The van der Waals surface area contributed by atoms with Crippen LogP contribution in [0.5, 0.6) is 5.75 Å². The normalized spacial score (nSPS) is 38.8. The summed E-state index contributed by atoms with van der Waals surface area (Å²) in [4.78, 5) is 0. The van der Waals surface area contributed by atoms with Crippen LogP contribution in [-0.2, 0) is 11.8 Å². The van der Waals surface area contributed by atoms with E-state index in [1.807, 2.05) is 0 Å². The molecule has 5 rings (SSSR count). The number of benzene rings is 1. The van der Waals surface area contributed by atoms with Gasteiger partial charge in [-0.05, 0) is 49.7 Å². The van der Waals surface area contributed by atoms with Crippen LogP contribution >= 0.6 is 0 Å². The zero-order valence-electron chi connectivity index (χ0n) is 10.6. The van der Waals surface area contributed by atoms with Crippen LogP contribution in [0.3, 0.4) is 0 Å². The third kappa shape index (κ3) is 0.899. The fraction of sp³-hybridized carbons (Fsp3) is 0.529. The van der Waals surface area contributed by atoms with E-state index in [4.69, 9.17) is 4.74 Å². The molecule has 1 saturated carbocycles. The summed E-state index contributed by atoms with van der Waals surface area (Å²) in [6, 6.07) is 6.72. The molecular weight excluding hydrogens is 220 g/mol. The van der Waals surface area contributed by atoms with Gasteiger partial charge in [0.2, 0.25) is 0 Å². The summed E-state index contributed by atoms with van der Waals surface area (Å²) in [5.41, 5.74) is 5.21. The molecule has 1 spiro atoms. The number of hydrogen-bond acceptors (Lipinski definition) is 1. The third-order valence-electron chi connectivity index (χ3n) is 5.72. The van der Waals surface area contributed by atoms with Crippen molar-refractivity contribution in [2.24, 2.45) is 5.92 Å². The Balaban J connectivity index is 1.89. The molecule has 0 saturated heterocycles. The Kier molecular flexibility index (Phi) is 1.62. The monoisotopic (exact) mass is 238 g/mol. The first-order chi connectivity index (χ1) is 8.89. The Hall–Kier alpha value is -1.24. The van der Waals surface area contributed by atoms with Crippen LogP contribution < -0.4 is 4.74 Å². The van der Waals surface area contributed by atoms with E-state index in [1.165, 1.54) is 44.3 Å². The Labute approximate surface area is 108 Å². The van der Waals surface area contributed by atoms with Crippen LogP contribution in [0.4, 0.5) is 0 Å². The first-order valence-electron chi connectivity index (χ1n) is 7.39. The minimum Gasteiger partial charge on any atom is -0.489 e. The molecule has 2 bridgehead atoms. The summed E-state index contributed by atoms with van der Waals surface area (Å²) in [6.07, 6.45) is 10.8. The lowest BCUT2D eigenvalue weighted by Crippen LogP contribution is -2.49. The molecule has 0 radical (unpaired) electrons. The van der Waals surface area contributed by atoms with E-state index in [-0.39, 0.29) is 0 Å². The smallest absolute Gasteiger partial charge is 0.124 e. The molecule has 0 amide bonds. The summed E-state index contributed by atoms with van der Waals surface area (Å²) in [7, 11) is 0. The Morgan fingerprint density at radius 2 is 2.22 bits per heavy atom. The van der Waals surface area contributed by atoms with E-state index in [0.717, 1.165) is 5.92 Å². The second-order valence-electron chi connectivity index (χ2n) is 6.40. The van der Waals surface area contributed by atoms with Crippen molar-refractivity contribution in [3.63, 3.8) is 0 Å². The van der Waals surface area contributed by atoms with Gasteiger partial charge >= 0.3 is 0 Å². The average Bonchev–Trinajstić information content (AvgIpc) is 2.70. The minimum atomic E-state index is 0.297. The van der Waals surface area contributed by atoms with Gasteiger partial charge in [0.1, 0.15) is 11.9 Å². The molecule has 1 nitrogen and oxygen atoms in total. The molecule has 1 heteroatoms. The SMILES string of the molecule is C1=C2[C@@H]3CCCC24c2c(cccc2OC4CC1)C3. The molecule has 0 N–H and O–H groups in total. The molecule has 1 fully saturated rings. The van der Waals surface area contributed by atoms with E-state index in [1.54, 1.807) is 16.7 Å². The highest BCUT2D eigenvalue weighted by Gasteiger charge is 2.58. The largest absolute Gasteiger partial charge is 0.489 e. The lowest BCUT2D eigenvalue weighted by atomic mass is 9.53. The Bertz CT molecular complexity index is 571. The molecule has 2 unspecified atom stereocenters. The van der Waals surface area contributed by atoms with Crippen molar-refractivity contribution >= 4 is 0 Å². The van der Waals surface area contributed by atoms with E-state index in [9.17, 15) is 0 Å². The van der Waals surface area contributed by atoms with Crippen molar-refractivity contribution in [2.45, 2.75) is 50.0 Å². The fourth-order valence-electron chi connectivity index (χ4n) is 5.20. The van der Waals surface area contributed by atoms with Gasteiger partial charge in [-0.15, -0.1) is 0 Å². The number of allylic oxidation sites excluding steroid dienone is 1. The quantitative estimate of drug-likeness (QED) is 0.625. The van der Waals surface area contributed by atoms with Crippen LogP contribution in [0.2, 0.25) is 0 Å². The number of ether oxygens (including phenoxy) is 1. The second-order valence-corrected chi connectivity index (χ2v) is 6.40. The molecule has 0 aromatic heterocycles. The van der Waals surface area contributed by atoms with Gasteiger partial charge in [-0.25, -0.2) is 0 Å². The number of rotatable bonds is 0. The van der Waals surface area contributed by atoms with E-state index < -0.39 is 0 Å². The zero-order valence-corrected chi connectivity index (χ0v) is 10.6. The average molecular weight is 238 g/mol. The van der Waals surface area contributed by atoms with Crippen molar-refractivity contribution in [2.75, 3.05) is 0 Å². The predicted octanol–water partition coefficient (Wildman–Crippen LogP) is 3.76. The summed E-state index contributed by atoms with van der Waals surface area (Å²) >= 11 is 0. The standard InChI is InChI=1S/C17H18O/c1-4-12-10-11-5-3-9-17-13(11)6-2-8-15(17)18-14(7-1)16(12)17/h1,4,6-7,11,15H,2-3,5,8-10H2/t11-,15?,17?/m1/s1. The maximum absolute atomic E-state index is 6.34. The topological polar surface area (TPSA) is 9.23 Å². The van der Waals surface area contributed by atoms with Crippen molar-refractivity contribution in [3.8, 4) is 5.75 Å². The molecule has 1 aliphatic heterocycles. The molecule has 1 aromatic carbocycles. The van der Waals surface area contributed by atoms with Crippen molar-refractivity contribution in [1.29, 1.82) is 0 Å². The molecule has 3 atom stereocenters. The first-order valence-corrected chi connectivity index (χ1v) is 7.39. The predicted molar refractivity (Wildman–Crippen MR) is 70.9 cm³/mol. The molecule has 92 valence electrons. The third-order valence-corrected chi connectivity index (χ3v) is 5.72. The molecular formula is C17H18O. The van der Waals surface area contributed by atoms with Crippen LogP contribution in [0, 0.1) is 5.92 Å². The highest BCUT2D eigenvalue weighted by atomic mass is 16.5. The summed E-state index contributed by atoms with van der Waals surface area (Å²) in [5.74, 6) is 2.01. The highest BCUT2D eigenvalue weighted by Crippen LogP contribution is 2.62. The molecule has 3 aliphatic carbocycles. The van der Waals surface area contributed by atoms with Crippen LogP contribution in [-0.4, -0.2) is 6.10 Å². The molecule has 18 heavy (non-hydrogen) atoms. The van der Waals surface area contributed by atoms with Crippen LogP contribution in [0.1, 0.15) is 43.2 Å². The van der Waals surface area contributed by atoms with Gasteiger partial charge in [0.15, 0.2) is 0 Å². The molecule has 1 heterocycles. The maximum atomic E-state index is 6.34. The number of hydrogen-bond donors (Lipinski definition) is 0. The van der Waals surface area contributed by atoms with Gasteiger partial charge < -0.3 is 4.74 Å². The minimum absolute atomic E-state index is 0.297. The summed E-state index contributed by atoms with van der Waals surface area (Å²) in [5, 5.41) is 0. The van der Waals surface area contributed by atoms with E-state index in [2.05, 4.69) is 24.3 Å². The zero-order chi connectivity index (χ0) is 11.7. The van der Waals surface area contributed by atoms with Crippen molar-refractivity contribution in [1.82, 2.24) is 0 Å². The van der Waals surface area contributed by atoms with Crippen LogP contribution in [0.25, 0.3) is 0 Å². The summed E-state index contributed by atoms with van der Waals surface area (Å²) in [6.45, 7) is 0. The van der Waals surface area contributed by atoms with Crippen molar-refractivity contribution < 1.29 is 4.74 Å². The Morgan fingerprint density at radius 1 is 1.22 bits per heavy atom. The lowest BCUT2D eigenvalue weighted by Gasteiger charge is -2.50. The molecule has 4 aliphatic rings. The first kappa shape index (κ1) is 9.66. The van der Waals surface area contributed by atoms with Crippen LogP contribution in [0.15, 0.2) is 29.8 Å². The van der Waals surface area contributed by atoms with Gasteiger partial charge in [0, 0.05) is 5.56 Å². The van der Waals surface area contributed by atoms with Gasteiger partial charge in [-0.3, -0.25) is 0 Å².